The van der Waals surface area contributed by atoms with Crippen molar-refractivity contribution in [3.05, 3.63) is 11.7 Å². The summed E-state index contributed by atoms with van der Waals surface area (Å²) in [5.74, 6) is 1.26. The van der Waals surface area contributed by atoms with Gasteiger partial charge in [-0.05, 0) is 13.0 Å². The summed E-state index contributed by atoms with van der Waals surface area (Å²) in [6, 6.07) is 0.467. The number of hydrogen-bond donors (Lipinski definition) is 2. The summed E-state index contributed by atoms with van der Waals surface area (Å²) in [6.07, 6.45) is 2.00. The van der Waals surface area contributed by atoms with Crippen molar-refractivity contribution in [2.24, 2.45) is 0 Å². The zero-order valence-electron chi connectivity index (χ0n) is 11.3. The zero-order chi connectivity index (χ0) is 13.4. The number of carbonyl (C=O) groups excluding carboxylic acids is 1. The van der Waals surface area contributed by atoms with E-state index in [0.29, 0.717) is 37.1 Å². The van der Waals surface area contributed by atoms with Crippen molar-refractivity contribution in [3.8, 4) is 0 Å². The molecular formula is C12H22N4O2. The van der Waals surface area contributed by atoms with Crippen LogP contribution in [0.1, 0.15) is 38.4 Å². The molecule has 1 aromatic heterocycles. The third-order valence-electron chi connectivity index (χ3n) is 2.37. The average Bonchev–Trinajstić information content (AvgIpc) is 2.70. The summed E-state index contributed by atoms with van der Waals surface area (Å²) < 4.78 is 4.84. The van der Waals surface area contributed by atoms with Crippen molar-refractivity contribution in [2.45, 2.75) is 46.1 Å². The summed E-state index contributed by atoms with van der Waals surface area (Å²) in [5.41, 5.74) is 0. The van der Waals surface area contributed by atoms with Crippen LogP contribution in [0, 0.1) is 6.92 Å². The van der Waals surface area contributed by atoms with Gasteiger partial charge in [-0.3, -0.25) is 4.79 Å². The lowest BCUT2D eigenvalue weighted by molar-refractivity contribution is -0.121. The number of aryl methyl sites for hydroxylation is 1. The molecule has 1 amide bonds. The summed E-state index contributed by atoms with van der Waals surface area (Å²) in [5, 5.41) is 9.87. The van der Waals surface area contributed by atoms with E-state index < -0.39 is 0 Å². The van der Waals surface area contributed by atoms with Gasteiger partial charge in [0, 0.05) is 32.4 Å². The number of amides is 1. The lowest BCUT2D eigenvalue weighted by atomic mass is 10.2. The topological polar surface area (TPSA) is 80.0 Å². The second kappa shape index (κ2) is 7.81. The molecule has 0 spiro atoms. The third kappa shape index (κ3) is 6.34. The van der Waals surface area contributed by atoms with Crippen molar-refractivity contribution < 1.29 is 9.32 Å². The molecule has 0 aliphatic rings. The minimum absolute atomic E-state index is 0.0702. The molecule has 0 aromatic carbocycles. The Morgan fingerprint density at radius 2 is 2.17 bits per heavy atom. The Balaban J connectivity index is 2.03. The Hall–Kier alpha value is -1.43. The van der Waals surface area contributed by atoms with Gasteiger partial charge in [-0.2, -0.15) is 4.98 Å². The molecule has 0 saturated heterocycles. The van der Waals surface area contributed by atoms with Gasteiger partial charge in [0.05, 0.1) is 0 Å². The van der Waals surface area contributed by atoms with E-state index in [1.165, 1.54) is 0 Å². The zero-order valence-corrected chi connectivity index (χ0v) is 11.3. The van der Waals surface area contributed by atoms with Gasteiger partial charge in [-0.15, -0.1) is 0 Å². The number of hydrogen-bond acceptors (Lipinski definition) is 5. The van der Waals surface area contributed by atoms with Gasteiger partial charge in [-0.25, -0.2) is 0 Å². The Bertz CT molecular complexity index is 363. The van der Waals surface area contributed by atoms with Crippen LogP contribution < -0.4 is 10.6 Å². The fraction of sp³-hybridized carbons (Fsp3) is 0.750. The first-order valence-corrected chi connectivity index (χ1v) is 6.37. The minimum Gasteiger partial charge on any atom is -0.356 e. The summed E-state index contributed by atoms with van der Waals surface area (Å²) in [7, 11) is 0. The molecule has 0 radical (unpaired) electrons. The second-order valence-corrected chi connectivity index (χ2v) is 4.54. The van der Waals surface area contributed by atoms with Gasteiger partial charge in [0.2, 0.25) is 11.8 Å². The largest absolute Gasteiger partial charge is 0.356 e. The predicted molar refractivity (Wildman–Crippen MR) is 68.1 cm³/mol. The molecule has 0 aliphatic carbocycles. The maximum Gasteiger partial charge on any atom is 0.223 e. The van der Waals surface area contributed by atoms with E-state index >= 15 is 0 Å². The smallest absolute Gasteiger partial charge is 0.223 e. The lowest BCUT2D eigenvalue weighted by Gasteiger charge is -2.07. The molecule has 1 rings (SSSR count). The Kier molecular flexibility index (Phi) is 6.35. The van der Waals surface area contributed by atoms with Gasteiger partial charge >= 0.3 is 0 Å². The number of rotatable bonds is 8. The molecule has 6 heteroatoms. The molecule has 0 unspecified atom stereocenters. The third-order valence-corrected chi connectivity index (χ3v) is 2.37. The highest BCUT2D eigenvalue weighted by atomic mass is 16.5. The minimum atomic E-state index is 0.0702. The van der Waals surface area contributed by atoms with E-state index in [4.69, 9.17) is 4.52 Å². The number of carbonyl (C=O) groups is 1. The Morgan fingerprint density at radius 3 is 2.78 bits per heavy atom. The first-order valence-electron chi connectivity index (χ1n) is 6.37. The number of nitrogens with zero attached hydrogens (tertiary/aromatic N) is 2. The maximum atomic E-state index is 11.5. The van der Waals surface area contributed by atoms with E-state index in [1.807, 2.05) is 0 Å². The van der Waals surface area contributed by atoms with Crippen LogP contribution in [0.15, 0.2) is 4.52 Å². The van der Waals surface area contributed by atoms with Gasteiger partial charge in [0.1, 0.15) is 0 Å². The van der Waals surface area contributed by atoms with Crippen LogP contribution in [0.5, 0.6) is 0 Å². The highest BCUT2D eigenvalue weighted by Gasteiger charge is 2.04. The summed E-state index contributed by atoms with van der Waals surface area (Å²) in [6.45, 7) is 7.35. The van der Waals surface area contributed by atoms with E-state index in [-0.39, 0.29) is 5.91 Å². The molecule has 0 atom stereocenters. The van der Waals surface area contributed by atoms with E-state index in [2.05, 4.69) is 34.6 Å². The van der Waals surface area contributed by atoms with Gasteiger partial charge in [0.15, 0.2) is 5.82 Å². The first kappa shape index (κ1) is 14.6. The number of aromatic nitrogens is 2. The highest BCUT2D eigenvalue weighted by molar-refractivity contribution is 5.75. The Labute approximate surface area is 108 Å². The van der Waals surface area contributed by atoms with E-state index in [9.17, 15) is 4.79 Å². The van der Waals surface area contributed by atoms with Gasteiger partial charge in [0.25, 0.3) is 0 Å². The standard InChI is InChI=1S/C12H22N4O2/c1-9(2)13-7-4-5-12(17)14-8-6-11-15-10(3)18-16-11/h9,13H,4-8H2,1-3H3,(H,14,17). The Morgan fingerprint density at radius 1 is 1.39 bits per heavy atom. The van der Waals surface area contributed by atoms with Crippen LogP contribution in [0.3, 0.4) is 0 Å². The SMILES string of the molecule is Cc1nc(CCNC(=O)CCCNC(C)C)no1. The van der Waals surface area contributed by atoms with Crippen LogP contribution in [0.2, 0.25) is 0 Å². The van der Waals surface area contributed by atoms with Crippen molar-refractivity contribution in [2.75, 3.05) is 13.1 Å². The monoisotopic (exact) mass is 254 g/mol. The molecule has 18 heavy (non-hydrogen) atoms. The highest BCUT2D eigenvalue weighted by Crippen LogP contribution is 1.95. The van der Waals surface area contributed by atoms with Crippen LogP contribution >= 0.6 is 0 Å². The lowest BCUT2D eigenvalue weighted by Crippen LogP contribution is -2.28. The molecular weight excluding hydrogens is 232 g/mol. The normalized spacial score (nSPS) is 10.9. The predicted octanol–water partition coefficient (Wildman–Crippen LogP) is 0.815. The van der Waals surface area contributed by atoms with Gasteiger partial charge in [-0.1, -0.05) is 19.0 Å². The first-order chi connectivity index (χ1) is 8.58. The fourth-order valence-corrected chi connectivity index (χ4v) is 1.48. The van der Waals surface area contributed by atoms with Crippen LogP contribution in [0.25, 0.3) is 0 Å². The van der Waals surface area contributed by atoms with Crippen LogP contribution in [-0.2, 0) is 11.2 Å². The molecule has 0 bridgehead atoms. The molecule has 1 heterocycles. The average molecular weight is 254 g/mol. The summed E-state index contributed by atoms with van der Waals surface area (Å²) in [4.78, 5) is 15.5. The van der Waals surface area contributed by atoms with Crippen molar-refractivity contribution >= 4 is 5.91 Å². The molecule has 1 aromatic rings. The van der Waals surface area contributed by atoms with E-state index in [0.717, 1.165) is 13.0 Å². The molecule has 0 fully saturated rings. The second-order valence-electron chi connectivity index (χ2n) is 4.54. The number of nitrogens with one attached hydrogen (secondary N) is 2. The van der Waals surface area contributed by atoms with E-state index in [1.54, 1.807) is 6.92 Å². The van der Waals surface area contributed by atoms with Crippen molar-refractivity contribution in [3.63, 3.8) is 0 Å². The molecule has 0 aliphatic heterocycles. The van der Waals surface area contributed by atoms with Gasteiger partial charge < -0.3 is 15.2 Å². The fourth-order valence-electron chi connectivity index (χ4n) is 1.48. The molecule has 2 N–H and O–H groups in total. The quantitative estimate of drug-likeness (QED) is 0.671. The van der Waals surface area contributed by atoms with Crippen molar-refractivity contribution in [1.82, 2.24) is 20.8 Å². The molecule has 102 valence electrons. The van der Waals surface area contributed by atoms with Crippen LogP contribution in [-0.4, -0.2) is 35.2 Å². The van der Waals surface area contributed by atoms with Crippen molar-refractivity contribution in [1.29, 1.82) is 0 Å². The summed E-state index contributed by atoms with van der Waals surface area (Å²) >= 11 is 0. The van der Waals surface area contributed by atoms with Crippen LogP contribution in [0.4, 0.5) is 0 Å². The molecule has 6 nitrogen and oxygen atoms in total. The maximum absolute atomic E-state index is 11.5. The molecule has 0 saturated carbocycles.